The number of benzene rings is 2. The number of nitrogens with one attached hydrogen (secondary N) is 1. The first-order valence-electron chi connectivity index (χ1n) is 11.6. The SMILES string of the molecule is CC(C)(CCc1ccc2[nH]ncc2c1)N1Cc2cccc(C(=O)N3CCCCC3)c2C1. The molecule has 1 N–H and O–H groups in total. The Morgan fingerprint density at radius 1 is 1.10 bits per heavy atom. The Morgan fingerprint density at radius 3 is 2.77 bits per heavy atom. The van der Waals surface area contributed by atoms with Crippen molar-refractivity contribution in [2.75, 3.05) is 13.1 Å². The van der Waals surface area contributed by atoms with Gasteiger partial charge in [0.1, 0.15) is 0 Å². The monoisotopic (exact) mass is 416 g/mol. The number of rotatable bonds is 5. The summed E-state index contributed by atoms with van der Waals surface area (Å²) in [6, 6.07) is 12.9. The normalized spacial score (nSPS) is 17.3. The minimum atomic E-state index is 0.0514. The van der Waals surface area contributed by atoms with Crippen LogP contribution >= 0.6 is 0 Å². The van der Waals surface area contributed by atoms with Gasteiger partial charge in [-0.3, -0.25) is 14.8 Å². The first-order valence-corrected chi connectivity index (χ1v) is 11.6. The van der Waals surface area contributed by atoms with Crippen LogP contribution in [0.1, 0.15) is 66.6 Å². The average Bonchev–Trinajstić information content (AvgIpc) is 3.44. The van der Waals surface area contributed by atoms with E-state index in [1.165, 1.54) is 28.5 Å². The number of hydrogen-bond acceptors (Lipinski definition) is 3. The molecule has 1 fully saturated rings. The molecule has 5 nitrogen and oxygen atoms in total. The smallest absolute Gasteiger partial charge is 0.254 e. The van der Waals surface area contributed by atoms with Crippen molar-refractivity contribution in [3.8, 4) is 0 Å². The van der Waals surface area contributed by atoms with Crippen LogP contribution in [-0.2, 0) is 19.5 Å². The molecule has 0 radical (unpaired) electrons. The third-order valence-corrected chi connectivity index (χ3v) is 7.24. The minimum absolute atomic E-state index is 0.0514. The van der Waals surface area contributed by atoms with Gasteiger partial charge in [0.05, 0.1) is 11.7 Å². The Labute approximate surface area is 184 Å². The molecule has 3 aromatic rings. The predicted molar refractivity (Wildman–Crippen MR) is 124 cm³/mol. The highest BCUT2D eigenvalue weighted by Gasteiger charge is 2.34. The van der Waals surface area contributed by atoms with Gasteiger partial charge in [0.15, 0.2) is 0 Å². The van der Waals surface area contributed by atoms with Crippen LogP contribution in [0.5, 0.6) is 0 Å². The van der Waals surface area contributed by atoms with E-state index < -0.39 is 0 Å². The van der Waals surface area contributed by atoms with E-state index in [4.69, 9.17) is 0 Å². The van der Waals surface area contributed by atoms with Crippen LogP contribution in [0.3, 0.4) is 0 Å². The first-order chi connectivity index (χ1) is 15.0. The second-order valence-electron chi connectivity index (χ2n) is 9.76. The number of nitrogens with zero attached hydrogens (tertiary/aromatic N) is 3. The van der Waals surface area contributed by atoms with E-state index in [2.05, 4.69) is 64.2 Å². The van der Waals surface area contributed by atoms with Crippen molar-refractivity contribution in [3.63, 3.8) is 0 Å². The maximum atomic E-state index is 13.2. The van der Waals surface area contributed by atoms with Gasteiger partial charge in [-0.2, -0.15) is 5.10 Å². The van der Waals surface area contributed by atoms with Gasteiger partial charge < -0.3 is 4.90 Å². The second kappa shape index (κ2) is 8.12. The summed E-state index contributed by atoms with van der Waals surface area (Å²) in [5.74, 6) is 0.227. The number of amides is 1. The third-order valence-electron chi connectivity index (χ3n) is 7.24. The van der Waals surface area contributed by atoms with E-state index in [1.54, 1.807) is 0 Å². The van der Waals surface area contributed by atoms with Gasteiger partial charge in [-0.15, -0.1) is 0 Å². The summed E-state index contributed by atoms with van der Waals surface area (Å²) < 4.78 is 0. The zero-order valence-corrected chi connectivity index (χ0v) is 18.7. The number of likely N-dealkylation sites (tertiary alicyclic amines) is 1. The number of hydrogen-bond donors (Lipinski definition) is 1. The molecule has 0 unspecified atom stereocenters. The second-order valence-corrected chi connectivity index (χ2v) is 9.76. The number of H-pyrrole nitrogens is 1. The fourth-order valence-electron chi connectivity index (χ4n) is 5.07. The number of carbonyl (C=O) groups excluding carboxylic acids is 1. The number of fused-ring (bicyclic) bond motifs is 2. The molecule has 0 atom stereocenters. The Morgan fingerprint density at radius 2 is 1.94 bits per heavy atom. The zero-order valence-electron chi connectivity index (χ0n) is 18.7. The molecule has 1 aromatic heterocycles. The predicted octanol–water partition coefficient (Wildman–Crippen LogP) is 4.92. The van der Waals surface area contributed by atoms with Crippen LogP contribution in [0, 0.1) is 0 Å². The van der Waals surface area contributed by atoms with Crippen LogP contribution in [0.25, 0.3) is 10.9 Å². The molecule has 0 bridgehead atoms. The van der Waals surface area contributed by atoms with Gasteiger partial charge in [0.2, 0.25) is 0 Å². The highest BCUT2D eigenvalue weighted by molar-refractivity contribution is 5.96. The Hall–Kier alpha value is -2.66. The molecular weight excluding hydrogens is 384 g/mol. The lowest BCUT2D eigenvalue weighted by atomic mass is 9.93. The van der Waals surface area contributed by atoms with Crippen LogP contribution in [0.2, 0.25) is 0 Å². The molecule has 31 heavy (non-hydrogen) atoms. The van der Waals surface area contributed by atoms with E-state index in [9.17, 15) is 4.79 Å². The van der Waals surface area contributed by atoms with Crippen molar-refractivity contribution in [2.24, 2.45) is 0 Å². The molecule has 5 heteroatoms. The van der Waals surface area contributed by atoms with Crippen molar-refractivity contribution in [1.29, 1.82) is 0 Å². The topological polar surface area (TPSA) is 52.2 Å². The molecule has 2 aliphatic rings. The van der Waals surface area contributed by atoms with Gasteiger partial charge in [-0.1, -0.05) is 18.2 Å². The number of aromatic nitrogens is 2. The number of aromatic amines is 1. The Balaban J connectivity index is 1.29. The lowest BCUT2D eigenvalue weighted by Gasteiger charge is -2.35. The van der Waals surface area contributed by atoms with Gasteiger partial charge in [0.25, 0.3) is 5.91 Å². The van der Waals surface area contributed by atoms with Crippen LogP contribution in [0.15, 0.2) is 42.6 Å². The van der Waals surface area contributed by atoms with E-state index in [-0.39, 0.29) is 11.4 Å². The lowest BCUT2D eigenvalue weighted by Crippen LogP contribution is -2.40. The first kappa shape index (κ1) is 20.3. The molecule has 0 saturated carbocycles. The summed E-state index contributed by atoms with van der Waals surface area (Å²) >= 11 is 0. The molecule has 1 amide bonds. The van der Waals surface area contributed by atoms with Crippen LogP contribution in [0.4, 0.5) is 0 Å². The summed E-state index contributed by atoms with van der Waals surface area (Å²) in [5.41, 5.74) is 5.96. The van der Waals surface area contributed by atoms with Gasteiger partial charge >= 0.3 is 0 Å². The van der Waals surface area contributed by atoms with E-state index in [1.807, 2.05) is 12.3 Å². The maximum absolute atomic E-state index is 13.2. The number of piperidine rings is 1. The molecule has 3 heterocycles. The lowest BCUT2D eigenvalue weighted by molar-refractivity contribution is 0.0720. The Kier molecular flexibility index (Phi) is 5.30. The highest BCUT2D eigenvalue weighted by atomic mass is 16.2. The largest absolute Gasteiger partial charge is 0.339 e. The van der Waals surface area contributed by atoms with Crippen LogP contribution in [-0.4, -0.2) is 44.5 Å². The van der Waals surface area contributed by atoms with Crippen molar-refractivity contribution in [3.05, 3.63) is 64.8 Å². The molecule has 5 rings (SSSR count). The molecule has 0 spiro atoms. The quantitative estimate of drug-likeness (QED) is 0.643. The third kappa shape index (κ3) is 3.99. The van der Waals surface area contributed by atoms with Gasteiger partial charge in [-0.25, -0.2) is 0 Å². The summed E-state index contributed by atoms with van der Waals surface area (Å²) in [6.07, 6.45) is 7.49. The summed E-state index contributed by atoms with van der Waals surface area (Å²) in [7, 11) is 0. The van der Waals surface area contributed by atoms with Crippen molar-refractivity contribution in [1.82, 2.24) is 20.0 Å². The fourth-order valence-corrected chi connectivity index (χ4v) is 5.07. The molecule has 162 valence electrons. The standard InChI is InChI=1S/C26H32N4O/c1-26(2,12-11-19-9-10-24-21(15-19)16-27-28-24)30-17-20-7-6-8-22(23(20)18-30)25(31)29-13-4-3-5-14-29/h6-10,15-16H,3-5,11-14,17-18H2,1-2H3,(H,27,28). The zero-order chi connectivity index (χ0) is 21.4. The molecule has 2 aliphatic heterocycles. The fraction of sp³-hybridized carbons (Fsp3) is 0.462. The van der Waals surface area contributed by atoms with Crippen molar-refractivity contribution < 1.29 is 4.79 Å². The summed E-state index contributed by atoms with van der Waals surface area (Å²) in [5, 5.41) is 8.32. The van der Waals surface area contributed by atoms with E-state index >= 15 is 0 Å². The summed E-state index contributed by atoms with van der Waals surface area (Å²) in [4.78, 5) is 17.8. The molecule has 2 aromatic carbocycles. The molecule has 1 saturated heterocycles. The average molecular weight is 417 g/mol. The van der Waals surface area contributed by atoms with Crippen LogP contribution < -0.4 is 0 Å². The molecule has 0 aliphatic carbocycles. The number of aryl methyl sites for hydroxylation is 1. The van der Waals surface area contributed by atoms with E-state index in [0.29, 0.717) is 0 Å². The van der Waals surface area contributed by atoms with Gasteiger partial charge in [-0.05, 0) is 80.8 Å². The molecular formula is C26H32N4O. The summed E-state index contributed by atoms with van der Waals surface area (Å²) in [6.45, 7) is 8.25. The minimum Gasteiger partial charge on any atom is -0.339 e. The van der Waals surface area contributed by atoms with Crippen molar-refractivity contribution >= 4 is 16.8 Å². The number of carbonyl (C=O) groups is 1. The Bertz CT molecular complexity index is 1090. The van der Waals surface area contributed by atoms with E-state index in [0.717, 1.165) is 62.9 Å². The van der Waals surface area contributed by atoms with Gasteiger partial charge in [0, 0.05) is 42.7 Å². The maximum Gasteiger partial charge on any atom is 0.254 e. The van der Waals surface area contributed by atoms with Crippen molar-refractivity contribution in [2.45, 2.75) is 64.6 Å². The highest BCUT2D eigenvalue weighted by Crippen LogP contribution is 2.34.